The Balaban J connectivity index is 1.57. The normalized spacial score (nSPS) is 43.8. The minimum Gasteiger partial charge on any atom is -0.323 e. The van der Waals surface area contributed by atoms with E-state index in [2.05, 4.69) is 37.9 Å². The summed E-state index contributed by atoms with van der Waals surface area (Å²) >= 11 is 8.92. The first-order valence-electron chi connectivity index (χ1n) is 6.37. The van der Waals surface area contributed by atoms with Crippen LogP contribution in [0.3, 0.4) is 0 Å². The quantitative estimate of drug-likeness (QED) is 0.803. The maximum absolute atomic E-state index is 6.49. The fourth-order valence-electron chi connectivity index (χ4n) is 4.59. The smallest absolute Gasteiger partial charge is 0.0843 e. The van der Waals surface area contributed by atoms with Crippen molar-refractivity contribution in [3.63, 3.8) is 0 Å². The molecule has 1 aromatic rings. The van der Waals surface area contributed by atoms with Crippen molar-refractivity contribution in [2.24, 2.45) is 35.3 Å². The van der Waals surface area contributed by atoms with Crippen LogP contribution in [0.1, 0.15) is 30.2 Å². The molecule has 4 heteroatoms. The Labute approximate surface area is 122 Å². The molecule has 0 spiro atoms. The first kappa shape index (κ1) is 11.4. The highest BCUT2D eigenvalue weighted by Gasteiger charge is 2.66. The number of hydrogen-bond acceptors (Lipinski definition) is 2. The van der Waals surface area contributed by atoms with E-state index in [1.54, 1.807) is 11.3 Å². The second-order valence-corrected chi connectivity index (χ2v) is 9.12. The molecule has 0 aliphatic heterocycles. The van der Waals surface area contributed by atoms with Gasteiger partial charge in [0.15, 0.2) is 0 Å². The number of thiophene rings is 1. The molecule has 1 heterocycles. The molecule has 0 amide bonds. The van der Waals surface area contributed by atoms with Crippen LogP contribution >= 0.6 is 43.2 Å². The first-order valence-corrected chi connectivity index (χ1v) is 8.77. The topological polar surface area (TPSA) is 26.0 Å². The summed E-state index contributed by atoms with van der Waals surface area (Å²) in [4.78, 5) is 1.35. The third-order valence-electron chi connectivity index (χ3n) is 5.20. The van der Waals surface area contributed by atoms with E-state index in [0.29, 0.717) is 0 Å². The predicted octanol–water partition coefficient (Wildman–Crippen LogP) is 4.57. The predicted molar refractivity (Wildman–Crippen MR) is 77.9 cm³/mol. The van der Waals surface area contributed by atoms with Gasteiger partial charge in [-0.25, -0.2) is 0 Å². The van der Waals surface area contributed by atoms with Gasteiger partial charge in [0.1, 0.15) is 0 Å². The third-order valence-corrected chi connectivity index (χ3v) is 8.56. The largest absolute Gasteiger partial charge is 0.323 e. The van der Waals surface area contributed by atoms with Crippen LogP contribution < -0.4 is 5.73 Å². The van der Waals surface area contributed by atoms with Crippen LogP contribution in [0.2, 0.25) is 0 Å². The van der Waals surface area contributed by atoms with Crippen LogP contribution in [0.25, 0.3) is 0 Å². The minimum absolute atomic E-state index is 0.279. The van der Waals surface area contributed by atoms with E-state index in [-0.39, 0.29) is 6.04 Å². The zero-order chi connectivity index (χ0) is 11.7. The van der Waals surface area contributed by atoms with Gasteiger partial charge in [0.25, 0.3) is 0 Å². The van der Waals surface area contributed by atoms with Gasteiger partial charge in [-0.15, -0.1) is 11.3 Å². The SMILES string of the molecule is NC(c1cc(Br)c(Br)s1)C1C2C3CCC(C3)C21. The summed E-state index contributed by atoms with van der Waals surface area (Å²) in [7, 11) is 0. The second-order valence-electron chi connectivity index (χ2n) is 5.86. The van der Waals surface area contributed by atoms with Gasteiger partial charge in [0.05, 0.1) is 3.79 Å². The van der Waals surface area contributed by atoms with E-state index >= 15 is 0 Å². The molecule has 3 saturated carbocycles. The summed E-state index contributed by atoms with van der Waals surface area (Å²) in [5.74, 6) is 4.78. The monoisotopic (exact) mass is 375 g/mol. The zero-order valence-corrected chi connectivity index (χ0v) is 13.4. The average molecular weight is 377 g/mol. The fraction of sp³-hybridized carbons (Fsp3) is 0.692. The van der Waals surface area contributed by atoms with Gasteiger partial charge in [0, 0.05) is 15.4 Å². The highest BCUT2D eigenvalue weighted by molar-refractivity contribution is 9.13. The van der Waals surface area contributed by atoms with Crippen molar-refractivity contribution in [2.45, 2.75) is 25.3 Å². The van der Waals surface area contributed by atoms with Crippen molar-refractivity contribution in [2.75, 3.05) is 0 Å². The van der Waals surface area contributed by atoms with Crippen molar-refractivity contribution in [1.82, 2.24) is 0 Å². The molecule has 2 bridgehead atoms. The zero-order valence-electron chi connectivity index (χ0n) is 9.40. The molecule has 17 heavy (non-hydrogen) atoms. The molecule has 2 N–H and O–H groups in total. The lowest BCUT2D eigenvalue weighted by Crippen LogP contribution is -2.16. The number of nitrogens with two attached hydrogens (primary N) is 1. The standard InChI is InChI=1S/C13H15Br2NS/c14-7-4-8(17-13(7)15)12(16)11-9-5-1-2-6(3-5)10(9)11/h4-6,9-12H,1-3,16H2. The summed E-state index contributed by atoms with van der Waals surface area (Å²) < 4.78 is 2.33. The molecule has 0 aromatic carbocycles. The lowest BCUT2D eigenvalue weighted by atomic mass is 9.97. The van der Waals surface area contributed by atoms with Gasteiger partial charge in [0.2, 0.25) is 0 Å². The van der Waals surface area contributed by atoms with Crippen LogP contribution in [0.15, 0.2) is 14.3 Å². The maximum atomic E-state index is 6.49. The second kappa shape index (κ2) is 3.81. The van der Waals surface area contributed by atoms with Gasteiger partial charge >= 0.3 is 0 Å². The lowest BCUT2D eigenvalue weighted by molar-refractivity contribution is 0.420. The number of hydrogen-bond donors (Lipinski definition) is 1. The van der Waals surface area contributed by atoms with Crippen LogP contribution in [0, 0.1) is 29.6 Å². The Kier molecular flexibility index (Phi) is 2.57. The first-order chi connectivity index (χ1) is 8.16. The minimum atomic E-state index is 0.279. The van der Waals surface area contributed by atoms with Crippen LogP contribution in [-0.4, -0.2) is 0 Å². The summed E-state index contributed by atoms with van der Waals surface area (Å²) in [6.07, 6.45) is 4.47. The molecule has 1 nitrogen and oxygen atoms in total. The van der Waals surface area contributed by atoms with E-state index < -0.39 is 0 Å². The molecular formula is C13H15Br2NS. The van der Waals surface area contributed by atoms with Crippen molar-refractivity contribution in [1.29, 1.82) is 0 Å². The molecule has 0 radical (unpaired) electrons. The highest BCUT2D eigenvalue weighted by Crippen LogP contribution is 2.72. The molecular weight excluding hydrogens is 362 g/mol. The van der Waals surface area contributed by atoms with Crippen LogP contribution in [0.5, 0.6) is 0 Å². The molecule has 3 aliphatic carbocycles. The molecule has 5 atom stereocenters. The van der Waals surface area contributed by atoms with Crippen LogP contribution in [-0.2, 0) is 0 Å². The Morgan fingerprint density at radius 3 is 2.41 bits per heavy atom. The van der Waals surface area contributed by atoms with E-state index in [0.717, 1.165) is 34.1 Å². The Morgan fingerprint density at radius 1 is 1.24 bits per heavy atom. The summed E-state index contributed by atoms with van der Waals surface area (Å²) in [6, 6.07) is 2.48. The van der Waals surface area contributed by atoms with E-state index in [1.165, 1.54) is 27.9 Å². The molecule has 3 aliphatic rings. The Bertz CT molecular complexity index is 436. The molecule has 0 saturated heterocycles. The average Bonchev–Trinajstić information content (AvgIpc) is 2.60. The summed E-state index contributed by atoms with van der Waals surface area (Å²) in [5, 5.41) is 0. The molecule has 92 valence electrons. The van der Waals surface area contributed by atoms with Crippen molar-refractivity contribution < 1.29 is 0 Å². The maximum Gasteiger partial charge on any atom is 0.0843 e. The highest BCUT2D eigenvalue weighted by atomic mass is 79.9. The van der Waals surface area contributed by atoms with Crippen molar-refractivity contribution in [3.8, 4) is 0 Å². The van der Waals surface area contributed by atoms with Gasteiger partial charge in [-0.2, -0.15) is 0 Å². The third kappa shape index (κ3) is 1.57. The van der Waals surface area contributed by atoms with Gasteiger partial charge in [-0.3, -0.25) is 0 Å². The van der Waals surface area contributed by atoms with E-state index in [1.807, 2.05) is 0 Å². The molecule has 5 unspecified atom stereocenters. The number of halogens is 2. The molecule has 4 rings (SSSR count). The van der Waals surface area contributed by atoms with Gasteiger partial charge in [-0.05, 0) is 86.8 Å². The van der Waals surface area contributed by atoms with Crippen LogP contribution in [0.4, 0.5) is 0 Å². The molecule has 1 aromatic heterocycles. The van der Waals surface area contributed by atoms with Crippen molar-refractivity contribution in [3.05, 3.63) is 19.2 Å². The Hall–Kier alpha value is 0.620. The summed E-state index contributed by atoms with van der Waals surface area (Å²) in [6.45, 7) is 0. The van der Waals surface area contributed by atoms with Crippen molar-refractivity contribution >= 4 is 43.2 Å². The van der Waals surface area contributed by atoms with E-state index in [9.17, 15) is 0 Å². The lowest BCUT2D eigenvalue weighted by Gasteiger charge is -2.14. The van der Waals surface area contributed by atoms with Gasteiger partial charge < -0.3 is 5.73 Å². The van der Waals surface area contributed by atoms with Gasteiger partial charge in [-0.1, -0.05) is 0 Å². The van der Waals surface area contributed by atoms with E-state index in [4.69, 9.17) is 5.73 Å². The molecule has 3 fully saturated rings. The summed E-state index contributed by atoms with van der Waals surface area (Å²) in [5.41, 5.74) is 6.49. The Morgan fingerprint density at radius 2 is 1.88 bits per heavy atom. The number of fused-ring (bicyclic) bond motifs is 5. The number of rotatable bonds is 2. The fourth-order valence-corrected chi connectivity index (χ4v) is 6.74.